The summed E-state index contributed by atoms with van der Waals surface area (Å²) in [5.74, 6) is 0.870. The van der Waals surface area contributed by atoms with E-state index >= 15 is 0 Å². The topological polar surface area (TPSA) is 56.1 Å². The van der Waals surface area contributed by atoms with Crippen molar-refractivity contribution in [2.45, 2.75) is 31.2 Å². The molecule has 1 saturated heterocycles. The third kappa shape index (κ3) is 4.44. The van der Waals surface area contributed by atoms with E-state index in [4.69, 9.17) is 5.10 Å². The van der Waals surface area contributed by atoms with E-state index < -0.39 is 0 Å². The summed E-state index contributed by atoms with van der Waals surface area (Å²) >= 11 is 3.37. The van der Waals surface area contributed by atoms with Crippen molar-refractivity contribution in [3.63, 3.8) is 0 Å². The van der Waals surface area contributed by atoms with Gasteiger partial charge >= 0.3 is 0 Å². The van der Waals surface area contributed by atoms with Crippen LogP contribution in [-0.4, -0.2) is 46.3 Å². The van der Waals surface area contributed by atoms with Crippen molar-refractivity contribution in [3.8, 4) is 5.75 Å². The van der Waals surface area contributed by atoms with Crippen molar-refractivity contribution in [1.82, 2.24) is 9.91 Å². The third-order valence-electron chi connectivity index (χ3n) is 6.15. The van der Waals surface area contributed by atoms with E-state index in [1.807, 2.05) is 24.3 Å². The second-order valence-corrected chi connectivity index (χ2v) is 10.1. The molecule has 0 bridgehead atoms. The highest BCUT2D eigenvalue weighted by atomic mass is 32.1. The smallest absolute Gasteiger partial charge is 0.257 e. The monoisotopic (exact) mass is 451 g/mol. The molecule has 7 heteroatoms. The minimum Gasteiger partial charge on any atom is -0.508 e. The van der Waals surface area contributed by atoms with Gasteiger partial charge in [0.2, 0.25) is 0 Å². The average Bonchev–Trinajstić information content (AvgIpc) is 3.56. The van der Waals surface area contributed by atoms with Gasteiger partial charge in [-0.25, -0.2) is 5.01 Å². The van der Waals surface area contributed by atoms with Crippen LogP contribution in [0.5, 0.6) is 5.75 Å². The number of hydrogen-bond donors (Lipinski definition) is 1. The number of phenolic OH excluding ortho intramolecular Hbond substituents is 1. The molecule has 2 aliphatic rings. The molecule has 1 unspecified atom stereocenters. The number of aromatic hydroxyl groups is 1. The van der Waals surface area contributed by atoms with Crippen LogP contribution < -0.4 is 0 Å². The van der Waals surface area contributed by atoms with Crippen LogP contribution in [-0.2, 0) is 4.79 Å². The summed E-state index contributed by atoms with van der Waals surface area (Å²) in [4.78, 5) is 17.9. The molecule has 2 aliphatic heterocycles. The Morgan fingerprint density at radius 1 is 1.03 bits per heavy atom. The molecule has 2 aromatic heterocycles. The molecule has 160 valence electrons. The lowest BCUT2D eigenvalue weighted by Gasteiger charge is -2.33. The Morgan fingerprint density at radius 3 is 2.45 bits per heavy atom. The van der Waals surface area contributed by atoms with Gasteiger partial charge in [0.25, 0.3) is 5.91 Å². The number of nitrogens with zero attached hydrogens (tertiary/aromatic N) is 3. The summed E-state index contributed by atoms with van der Waals surface area (Å²) in [5, 5.41) is 20.1. The van der Waals surface area contributed by atoms with Crippen LogP contribution in [0, 0.1) is 0 Å². The zero-order valence-corrected chi connectivity index (χ0v) is 18.8. The van der Waals surface area contributed by atoms with Gasteiger partial charge < -0.3 is 5.11 Å². The Kier molecular flexibility index (Phi) is 5.89. The van der Waals surface area contributed by atoms with Gasteiger partial charge in [0.1, 0.15) is 5.75 Å². The second kappa shape index (κ2) is 8.94. The summed E-state index contributed by atoms with van der Waals surface area (Å²) in [6, 6.07) is 15.8. The zero-order valence-electron chi connectivity index (χ0n) is 17.2. The van der Waals surface area contributed by atoms with Crippen molar-refractivity contribution in [2.75, 3.05) is 19.6 Å². The molecule has 4 heterocycles. The molecule has 0 radical (unpaired) electrons. The predicted octanol–water partition coefficient (Wildman–Crippen LogP) is 5.07. The number of hydrogen-bond acceptors (Lipinski definition) is 6. The first kappa shape index (κ1) is 20.4. The molecule has 1 amide bonds. The number of phenols is 1. The predicted molar refractivity (Wildman–Crippen MR) is 126 cm³/mol. The number of benzene rings is 1. The SMILES string of the molecule is O=C(CN1CCC(c2ccc(O)cc2)CC1)N1N=C(c2cccs2)CC1c1cccs1. The molecular formula is C24H25N3O2S2. The van der Waals surface area contributed by atoms with Crippen LogP contribution >= 0.6 is 22.7 Å². The number of carbonyl (C=O) groups excluding carboxylic acids is 1. The molecular weight excluding hydrogens is 426 g/mol. The van der Waals surface area contributed by atoms with Gasteiger partial charge in [0, 0.05) is 11.3 Å². The number of rotatable bonds is 5. The normalized spacial score (nSPS) is 20.2. The Morgan fingerprint density at radius 2 is 1.77 bits per heavy atom. The number of amides is 1. The molecule has 0 saturated carbocycles. The first-order valence-corrected chi connectivity index (χ1v) is 12.4. The molecule has 0 spiro atoms. The Bertz CT molecular complexity index is 1040. The minimum atomic E-state index is -0.000801. The summed E-state index contributed by atoms with van der Waals surface area (Å²) in [7, 11) is 0. The lowest BCUT2D eigenvalue weighted by Crippen LogP contribution is -2.41. The van der Waals surface area contributed by atoms with Gasteiger partial charge in [-0.2, -0.15) is 5.10 Å². The molecule has 5 nitrogen and oxygen atoms in total. The number of carbonyl (C=O) groups is 1. The van der Waals surface area contributed by atoms with E-state index in [9.17, 15) is 9.90 Å². The van der Waals surface area contributed by atoms with Crippen LogP contribution in [0.3, 0.4) is 0 Å². The fourth-order valence-corrected chi connectivity index (χ4v) is 6.00. The molecule has 1 atom stereocenters. The fourth-order valence-electron chi connectivity index (χ4n) is 4.47. The maximum Gasteiger partial charge on any atom is 0.257 e. The van der Waals surface area contributed by atoms with E-state index in [2.05, 4.69) is 27.8 Å². The number of hydrazone groups is 1. The molecule has 3 aromatic rings. The Hall–Kier alpha value is -2.48. The maximum absolute atomic E-state index is 13.3. The highest BCUT2D eigenvalue weighted by Gasteiger charge is 2.35. The quantitative estimate of drug-likeness (QED) is 0.589. The molecule has 1 N–H and O–H groups in total. The van der Waals surface area contributed by atoms with Crippen LogP contribution in [0.25, 0.3) is 0 Å². The van der Waals surface area contributed by atoms with Crippen molar-refractivity contribution < 1.29 is 9.90 Å². The largest absolute Gasteiger partial charge is 0.508 e. The molecule has 5 rings (SSSR count). The first-order valence-electron chi connectivity index (χ1n) is 10.7. The molecule has 1 fully saturated rings. The zero-order chi connectivity index (χ0) is 21.2. The summed E-state index contributed by atoms with van der Waals surface area (Å²) in [6.45, 7) is 2.21. The van der Waals surface area contributed by atoms with E-state index in [1.54, 1.807) is 39.8 Å². The van der Waals surface area contributed by atoms with E-state index in [1.165, 1.54) is 10.4 Å². The first-order chi connectivity index (χ1) is 15.2. The average molecular weight is 452 g/mol. The Balaban J connectivity index is 1.25. The van der Waals surface area contributed by atoms with Gasteiger partial charge in [-0.1, -0.05) is 24.3 Å². The van der Waals surface area contributed by atoms with E-state index in [-0.39, 0.29) is 11.9 Å². The maximum atomic E-state index is 13.3. The highest BCUT2D eigenvalue weighted by Crippen LogP contribution is 2.36. The van der Waals surface area contributed by atoms with Gasteiger partial charge in [-0.05, 0) is 72.4 Å². The van der Waals surface area contributed by atoms with Gasteiger partial charge in [0.15, 0.2) is 0 Å². The highest BCUT2D eigenvalue weighted by molar-refractivity contribution is 7.12. The summed E-state index contributed by atoms with van der Waals surface area (Å²) in [6.07, 6.45) is 2.82. The number of likely N-dealkylation sites (tertiary alicyclic amines) is 1. The third-order valence-corrected chi connectivity index (χ3v) is 8.05. The van der Waals surface area contributed by atoms with Crippen LogP contribution in [0.2, 0.25) is 0 Å². The van der Waals surface area contributed by atoms with Gasteiger partial charge in [-0.15, -0.1) is 22.7 Å². The van der Waals surface area contributed by atoms with E-state index in [0.29, 0.717) is 18.2 Å². The minimum absolute atomic E-state index is 0.000801. The molecule has 1 aromatic carbocycles. The fraction of sp³-hybridized carbons (Fsp3) is 0.333. The number of thiophene rings is 2. The van der Waals surface area contributed by atoms with Crippen molar-refractivity contribution >= 4 is 34.3 Å². The standard InChI is InChI=1S/C24H25N3O2S2/c28-19-7-5-17(6-8-19)18-9-11-26(12-10-18)16-24(29)27-21(23-4-2-14-31-23)15-20(25-27)22-3-1-13-30-22/h1-8,13-14,18,21,28H,9-12,15-16H2. The van der Waals surface area contributed by atoms with Crippen molar-refractivity contribution in [1.29, 1.82) is 0 Å². The van der Waals surface area contributed by atoms with Crippen LogP contribution in [0.4, 0.5) is 0 Å². The second-order valence-electron chi connectivity index (χ2n) is 8.14. The van der Waals surface area contributed by atoms with Crippen LogP contribution in [0.1, 0.15) is 46.5 Å². The number of piperidine rings is 1. The lowest BCUT2D eigenvalue weighted by atomic mass is 9.89. The lowest BCUT2D eigenvalue weighted by molar-refractivity contribution is -0.134. The van der Waals surface area contributed by atoms with Gasteiger partial charge in [-0.3, -0.25) is 9.69 Å². The van der Waals surface area contributed by atoms with E-state index in [0.717, 1.165) is 42.9 Å². The Labute approximate surface area is 190 Å². The van der Waals surface area contributed by atoms with Crippen LogP contribution in [0.15, 0.2) is 64.4 Å². The molecule has 0 aliphatic carbocycles. The van der Waals surface area contributed by atoms with Crippen molar-refractivity contribution in [3.05, 3.63) is 74.6 Å². The summed E-state index contributed by atoms with van der Waals surface area (Å²) in [5.41, 5.74) is 2.28. The summed E-state index contributed by atoms with van der Waals surface area (Å²) < 4.78 is 0. The van der Waals surface area contributed by atoms with Crippen molar-refractivity contribution in [2.24, 2.45) is 5.10 Å². The molecule has 31 heavy (non-hydrogen) atoms. The van der Waals surface area contributed by atoms with Gasteiger partial charge in [0.05, 0.1) is 23.2 Å².